The maximum Gasteiger partial charge on any atom is 0.147 e. The van der Waals surface area contributed by atoms with Gasteiger partial charge in [0.2, 0.25) is 0 Å². The molecule has 0 radical (unpaired) electrons. The molecule has 0 aliphatic carbocycles. The quantitative estimate of drug-likeness (QED) is 0.423. The molecular weight excluding hydrogens is 258 g/mol. The molecule has 0 bridgehead atoms. The molecule has 1 nitrogen and oxygen atoms in total. The summed E-state index contributed by atoms with van der Waals surface area (Å²) in [5.74, 6) is 0. The summed E-state index contributed by atoms with van der Waals surface area (Å²) in [5, 5.41) is 1.49. The second-order valence-corrected chi connectivity index (χ2v) is 11.8. The zero-order valence-electron chi connectivity index (χ0n) is 13.5. The van der Waals surface area contributed by atoms with Crippen LogP contribution in [0.15, 0.2) is 41.2 Å². The van der Waals surface area contributed by atoms with Crippen LogP contribution < -0.4 is 0 Å². The summed E-state index contributed by atoms with van der Waals surface area (Å²) in [7, 11) is -1.32. The molecule has 0 fully saturated rings. The van der Waals surface area contributed by atoms with E-state index in [0.29, 0.717) is 0 Å². The molecule has 0 aromatic heterocycles. The van der Waals surface area contributed by atoms with E-state index in [1.807, 2.05) is 4.58 Å². The SMILES string of the molecule is C=[N+]1C=C([Si](C)(C)C)C(C)=C[C-]1c1ccc(C)cc1C. The Morgan fingerprint density at radius 2 is 1.75 bits per heavy atom. The predicted molar refractivity (Wildman–Crippen MR) is 90.8 cm³/mol. The maximum absolute atomic E-state index is 4.21. The van der Waals surface area contributed by atoms with Crippen LogP contribution in [0.25, 0.3) is 0 Å². The van der Waals surface area contributed by atoms with Crippen molar-refractivity contribution in [1.29, 1.82) is 0 Å². The third kappa shape index (κ3) is 2.80. The summed E-state index contributed by atoms with van der Waals surface area (Å²) >= 11 is 0. The van der Waals surface area contributed by atoms with Crippen LogP contribution in [0, 0.1) is 19.9 Å². The molecule has 106 valence electrons. The number of nitrogens with zero attached hydrogens (tertiary/aromatic N) is 1. The molecule has 0 spiro atoms. The van der Waals surface area contributed by atoms with Gasteiger partial charge in [0.05, 0.1) is 14.8 Å². The van der Waals surface area contributed by atoms with Gasteiger partial charge in [-0.15, -0.1) is 6.07 Å². The van der Waals surface area contributed by atoms with E-state index in [1.165, 1.54) is 33.5 Å². The first-order valence-electron chi connectivity index (χ1n) is 7.15. The molecule has 0 N–H and O–H groups in total. The van der Waals surface area contributed by atoms with E-state index >= 15 is 0 Å². The van der Waals surface area contributed by atoms with Gasteiger partial charge in [-0.1, -0.05) is 62.3 Å². The Bertz CT molecular complexity index is 615. The average molecular weight is 283 g/mol. The average Bonchev–Trinajstić information content (AvgIpc) is 2.31. The number of hydrogen-bond donors (Lipinski definition) is 0. The Morgan fingerprint density at radius 3 is 2.30 bits per heavy atom. The molecule has 1 aliphatic heterocycles. The van der Waals surface area contributed by atoms with E-state index in [0.717, 1.165) is 0 Å². The van der Waals surface area contributed by atoms with Crippen molar-refractivity contribution in [1.82, 2.24) is 0 Å². The van der Waals surface area contributed by atoms with Crippen LogP contribution in [0.3, 0.4) is 0 Å². The van der Waals surface area contributed by atoms with Crippen LogP contribution in [-0.4, -0.2) is 19.4 Å². The minimum atomic E-state index is -1.32. The minimum Gasteiger partial charge on any atom is -0.255 e. The molecule has 2 heteroatoms. The highest BCUT2D eigenvalue weighted by molar-refractivity contribution is 6.84. The Hall–Kier alpha value is -1.54. The molecule has 1 heterocycles. The normalized spacial score (nSPS) is 16.1. The maximum atomic E-state index is 4.21. The van der Waals surface area contributed by atoms with Gasteiger partial charge >= 0.3 is 0 Å². The zero-order chi connectivity index (χ0) is 15.1. The smallest absolute Gasteiger partial charge is 0.147 e. The second kappa shape index (κ2) is 5.10. The van der Waals surface area contributed by atoms with Crippen LogP contribution in [0.5, 0.6) is 0 Å². The van der Waals surface area contributed by atoms with Crippen LogP contribution in [-0.2, 0) is 0 Å². The van der Waals surface area contributed by atoms with E-state index in [1.54, 1.807) is 0 Å². The lowest BCUT2D eigenvalue weighted by molar-refractivity contribution is -0.418. The number of hydrogen-bond acceptors (Lipinski definition) is 0. The van der Waals surface area contributed by atoms with Gasteiger partial charge in [0.1, 0.15) is 12.2 Å². The van der Waals surface area contributed by atoms with Crippen molar-refractivity contribution < 1.29 is 4.58 Å². The fourth-order valence-corrected chi connectivity index (χ4v) is 4.61. The fourth-order valence-electron chi connectivity index (χ4n) is 2.81. The lowest BCUT2D eigenvalue weighted by Gasteiger charge is -2.29. The zero-order valence-corrected chi connectivity index (χ0v) is 14.5. The van der Waals surface area contributed by atoms with Crippen molar-refractivity contribution in [2.45, 2.75) is 40.4 Å². The van der Waals surface area contributed by atoms with E-state index in [4.69, 9.17) is 0 Å². The number of benzene rings is 1. The highest BCUT2D eigenvalue weighted by atomic mass is 28.3. The predicted octanol–water partition coefficient (Wildman–Crippen LogP) is 4.62. The van der Waals surface area contributed by atoms with E-state index in [2.05, 4.69) is 77.6 Å². The number of aryl methyl sites for hydroxylation is 2. The molecule has 1 aromatic carbocycles. The van der Waals surface area contributed by atoms with Crippen LogP contribution in [0.1, 0.15) is 23.6 Å². The lowest BCUT2D eigenvalue weighted by Crippen LogP contribution is -2.29. The topological polar surface area (TPSA) is 3.01 Å². The van der Waals surface area contributed by atoms with E-state index < -0.39 is 8.07 Å². The summed E-state index contributed by atoms with van der Waals surface area (Å²) in [6.07, 6.45) is 4.52. The molecule has 0 amide bonds. The Labute approximate surface area is 124 Å². The van der Waals surface area contributed by atoms with Crippen molar-refractivity contribution in [3.8, 4) is 0 Å². The summed E-state index contributed by atoms with van der Waals surface area (Å²) in [6, 6.07) is 7.80. The van der Waals surface area contributed by atoms with Gasteiger partial charge in [-0.25, -0.2) is 0 Å². The third-order valence-corrected chi connectivity index (χ3v) is 5.98. The first kappa shape index (κ1) is 14.9. The number of rotatable bonds is 2. The molecule has 0 atom stereocenters. The van der Waals surface area contributed by atoms with Crippen molar-refractivity contribution in [2.24, 2.45) is 0 Å². The van der Waals surface area contributed by atoms with Gasteiger partial charge in [0, 0.05) is 0 Å². The lowest BCUT2D eigenvalue weighted by atomic mass is 9.96. The molecule has 20 heavy (non-hydrogen) atoms. The highest BCUT2D eigenvalue weighted by Gasteiger charge is 2.27. The molecule has 0 saturated carbocycles. The van der Waals surface area contributed by atoms with Gasteiger partial charge in [0.25, 0.3) is 0 Å². The van der Waals surface area contributed by atoms with Crippen LogP contribution in [0.2, 0.25) is 19.6 Å². The highest BCUT2D eigenvalue weighted by Crippen LogP contribution is 2.32. The van der Waals surface area contributed by atoms with Gasteiger partial charge < -0.3 is 0 Å². The molecule has 1 aromatic rings. The Balaban J connectivity index is 2.43. The molecule has 1 aliphatic rings. The molecule has 2 rings (SSSR count). The van der Waals surface area contributed by atoms with Crippen molar-refractivity contribution in [3.05, 3.63) is 64.0 Å². The van der Waals surface area contributed by atoms with Crippen LogP contribution in [0.4, 0.5) is 0 Å². The second-order valence-electron chi connectivity index (χ2n) is 6.79. The number of allylic oxidation sites excluding steroid dienone is 2. The Kier molecular flexibility index (Phi) is 3.79. The first-order chi connectivity index (χ1) is 9.20. The monoisotopic (exact) mass is 283 g/mol. The standard InChI is InChI=1S/C18H25NSi/c1-13-8-9-16(14(2)10-13)17-11-15(3)18(12-19(17)4)20(5,6)7/h8-12H,4H2,1-3,5-7H3. The summed E-state index contributed by atoms with van der Waals surface area (Å²) in [6.45, 7) is 17.9. The Morgan fingerprint density at radius 1 is 1.10 bits per heavy atom. The largest absolute Gasteiger partial charge is 0.255 e. The van der Waals surface area contributed by atoms with Gasteiger partial charge in [-0.3, -0.25) is 4.58 Å². The van der Waals surface area contributed by atoms with Gasteiger partial charge in [0.15, 0.2) is 0 Å². The molecule has 0 saturated heterocycles. The summed E-state index contributed by atoms with van der Waals surface area (Å²) in [4.78, 5) is 0. The van der Waals surface area contributed by atoms with Crippen molar-refractivity contribution >= 4 is 14.8 Å². The summed E-state index contributed by atoms with van der Waals surface area (Å²) in [5.41, 5.74) is 5.27. The third-order valence-electron chi connectivity index (χ3n) is 3.84. The summed E-state index contributed by atoms with van der Waals surface area (Å²) < 4.78 is 2.04. The van der Waals surface area contributed by atoms with Gasteiger partial charge in [-0.05, 0) is 23.8 Å². The molecule has 0 unspecified atom stereocenters. The van der Waals surface area contributed by atoms with E-state index in [-0.39, 0.29) is 0 Å². The van der Waals surface area contributed by atoms with Crippen molar-refractivity contribution in [2.75, 3.05) is 0 Å². The van der Waals surface area contributed by atoms with Crippen molar-refractivity contribution in [3.63, 3.8) is 0 Å². The minimum absolute atomic E-state index is 1.20. The van der Waals surface area contributed by atoms with E-state index in [9.17, 15) is 0 Å². The fraction of sp³-hybridized carbons (Fsp3) is 0.333. The first-order valence-corrected chi connectivity index (χ1v) is 10.7. The van der Waals surface area contributed by atoms with Crippen LogP contribution >= 0.6 is 0 Å². The molecular formula is C18H25NSi. The van der Waals surface area contributed by atoms with Gasteiger partial charge in [-0.2, -0.15) is 0 Å².